The Kier molecular flexibility index (Phi) is 5.20. The zero-order valence-electron chi connectivity index (χ0n) is 15.1. The van der Waals surface area contributed by atoms with Crippen LogP contribution in [-0.2, 0) is 16.6 Å². The molecule has 1 saturated heterocycles. The lowest BCUT2D eigenvalue weighted by molar-refractivity contribution is 0.385. The van der Waals surface area contributed by atoms with Gasteiger partial charge in [-0.25, -0.2) is 8.42 Å². The summed E-state index contributed by atoms with van der Waals surface area (Å²) in [5, 5.41) is 0.0528. The first-order valence-corrected chi connectivity index (χ1v) is 10.2. The molecule has 0 N–H and O–H groups in total. The van der Waals surface area contributed by atoms with E-state index in [1.807, 2.05) is 0 Å². The van der Waals surface area contributed by atoms with Gasteiger partial charge in [-0.05, 0) is 57.9 Å². The van der Waals surface area contributed by atoms with E-state index in [2.05, 4.69) is 49.9 Å². The lowest BCUT2D eigenvalue weighted by Crippen LogP contribution is -2.30. The first kappa shape index (κ1) is 18.0. The number of rotatable bonds is 6. The van der Waals surface area contributed by atoms with E-state index in [1.54, 1.807) is 12.1 Å². The van der Waals surface area contributed by atoms with E-state index in [0.717, 1.165) is 18.5 Å². The molecule has 0 saturated carbocycles. The van der Waals surface area contributed by atoms with Gasteiger partial charge in [0.15, 0.2) is 0 Å². The van der Waals surface area contributed by atoms with E-state index in [1.165, 1.54) is 9.87 Å². The van der Waals surface area contributed by atoms with Crippen LogP contribution in [0.25, 0.3) is 0 Å². The van der Waals surface area contributed by atoms with Crippen LogP contribution in [0.15, 0.2) is 45.9 Å². The van der Waals surface area contributed by atoms with Gasteiger partial charge in [0.25, 0.3) is 10.0 Å². The highest BCUT2D eigenvalue weighted by Crippen LogP contribution is 2.25. The molecule has 0 bridgehead atoms. The summed E-state index contributed by atoms with van der Waals surface area (Å²) in [6.07, 6.45) is 1.84. The second kappa shape index (κ2) is 7.22. The fraction of sp³-hybridized carbons (Fsp3) is 0.474. The maximum Gasteiger partial charge on any atom is 0.276 e. The van der Waals surface area contributed by atoms with E-state index >= 15 is 0 Å². The summed E-state index contributed by atoms with van der Waals surface area (Å²) < 4.78 is 32.4. The Morgan fingerprint density at radius 2 is 1.72 bits per heavy atom. The molecule has 1 aliphatic heterocycles. The molecule has 0 unspecified atom stereocenters. The van der Waals surface area contributed by atoms with Crippen LogP contribution in [0.3, 0.4) is 0 Å². The predicted molar refractivity (Wildman–Crippen MR) is 99.2 cm³/mol. The summed E-state index contributed by atoms with van der Waals surface area (Å²) in [7, 11) is -3.50. The summed E-state index contributed by atoms with van der Waals surface area (Å²) >= 11 is 0. The Bertz CT molecular complexity index is 803. The van der Waals surface area contributed by atoms with Gasteiger partial charge in [0.1, 0.15) is 5.76 Å². The molecule has 2 heterocycles. The molecule has 0 atom stereocenters. The van der Waals surface area contributed by atoms with Crippen molar-refractivity contribution in [2.75, 3.05) is 18.0 Å². The number of aryl methyl sites for hydroxylation is 1. The van der Waals surface area contributed by atoms with Crippen molar-refractivity contribution < 1.29 is 12.8 Å². The van der Waals surface area contributed by atoms with Crippen LogP contribution in [0.5, 0.6) is 0 Å². The van der Waals surface area contributed by atoms with Crippen molar-refractivity contribution in [1.29, 1.82) is 0 Å². The third-order valence-electron chi connectivity index (χ3n) is 4.61. The van der Waals surface area contributed by atoms with Gasteiger partial charge < -0.3 is 9.32 Å². The normalized spacial score (nSPS) is 15.8. The Labute approximate surface area is 150 Å². The summed E-state index contributed by atoms with van der Waals surface area (Å²) in [5.74, 6) is 0.659. The number of anilines is 1. The zero-order chi connectivity index (χ0) is 18.0. The van der Waals surface area contributed by atoms with Gasteiger partial charge in [-0.3, -0.25) is 0 Å². The highest BCUT2D eigenvalue weighted by Gasteiger charge is 2.30. The van der Waals surface area contributed by atoms with Crippen molar-refractivity contribution in [2.24, 2.45) is 0 Å². The highest BCUT2D eigenvalue weighted by atomic mass is 32.2. The molecule has 1 aromatic carbocycles. The number of benzene rings is 1. The van der Waals surface area contributed by atoms with E-state index in [-0.39, 0.29) is 11.1 Å². The van der Waals surface area contributed by atoms with Crippen LogP contribution < -0.4 is 4.90 Å². The Morgan fingerprint density at radius 1 is 1.08 bits per heavy atom. The van der Waals surface area contributed by atoms with Gasteiger partial charge in [-0.2, -0.15) is 4.31 Å². The van der Waals surface area contributed by atoms with E-state index in [9.17, 15) is 8.42 Å². The largest absolute Gasteiger partial charge is 0.446 e. The van der Waals surface area contributed by atoms with Crippen LogP contribution in [0, 0.1) is 6.92 Å². The van der Waals surface area contributed by atoms with Gasteiger partial charge in [-0.15, -0.1) is 0 Å². The Morgan fingerprint density at radius 3 is 2.32 bits per heavy atom. The molecule has 1 aromatic heterocycles. The second-order valence-corrected chi connectivity index (χ2v) is 8.76. The van der Waals surface area contributed by atoms with E-state index < -0.39 is 10.0 Å². The Balaban J connectivity index is 1.80. The molecule has 136 valence electrons. The van der Waals surface area contributed by atoms with E-state index in [4.69, 9.17) is 4.42 Å². The minimum Gasteiger partial charge on any atom is -0.446 e. The maximum absolute atomic E-state index is 12.6. The van der Waals surface area contributed by atoms with E-state index in [0.29, 0.717) is 25.4 Å². The van der Waals surface area contributed by atoms with Crippen LogP contribution >= 0.6 is 0 Å². The van der Waals surface area contributed by atoms with Crippen molar-refractivity contribution in [3.63, 3.8) is 0 Å². The van der Waals surface area contributed by atoms with Crippen molar-refractivity contribution in [3.8, 4) is 0 Å². The average molecular weight is 362 g/mol. The molecule has 1 aliphatic rings. The molecule has 6 heteroatoms. The monoisotopic (exact) mass is 362 g/mol. The molecule has 0 radical (unpaired) electrons. The number of nitrogens with zero attached hydrogens (tertiary/aromatic N) is 2. The maximum atomic E-state index is 12.6. The molecular weight excluding hydrogens is 336 g/mol. The van der Waals surface area contributed by atoms with Crippen molar-refractivity contribution in [2.45, 2.75) is 51.3 Å². The first-order valence-electron chi connectivity index (χ1n) is 8.80. The van der Waals surface area contributed by atoms with Gasteiger partial charge in [-0.1, -0.05) is 17.7 Å². The Hall–Kier alpha value is -1.79. The predicted octanol–water partition coefficient (Wildman–Crippen LogP) is 3.79. The van der Waals surface area contributed by atoms with Crippen LogP contribution in [-0.4, -0.2) is 31.9 Å². The molecule has 1 fully saturated rings. The summed E-state index contributed by atoms with van der Waals surface area (Å²) in [4.78, 5) is 2.20. The highest BCUT2D eigenvalue weighted by molar-refractivity contribution is 7.89. The summed E-state index contributed by atoms with van der Waals surface area (Å²) in [6, 6.07) is 11.9. The van der Waals surface area contributed by atoms with Crippen molar-refractivity contribution in [1.82, 2.24) is 4.31 Å². The van der Waals surface area contributed by atoms with Gasteiger partial charge in [0.2, 0.25) is 5.09 Å². The average Bonchev–Trinajstić information content (AvgIpc) is 3.25. The third kappa shape index (κ3) is 3.90. The van der Waals surface area contributed by atoms with Crippen molar-refractivity contribution in [3.05, 3.63) is 47.7 Å². The third-order valence-corrected chi connectivity index (χ3v) is 6.38. The minimum atomic E-state index is -3.50. The molecule has 5 nitrogen and oxygen atoms in total. The minimum absolute atomic E-state index is 0.0528. The SMILES string of the molecule is Cc1ccc(N(Cc2ccc(S(=O)(=O)N3CCCC3)o2)C(C)C)cc1. The molecule has 0 spiro atoms. The molecule has 3 rings (SSSR count). The fourth-order valence-electron chi connectivity index (χ4n) is 3.11. The van der Waals surface area contributed by atoms with Crippen LogP contribution in [0.2, 0.25) is 0 Å². The van der Waals surface area contributed by atoms with Crippen LogP contribution in [0.4, 0.5) is 5.69 Å². The lowest BCUT2D eigenvalue weighted by Gasteiger charge is -2.28. The summed E-state index contributed by atoms with van der Waals surface area (Å²) in [5.41, 5.74) is 2.31. The molecular formula is C19H26N2O3S. The smallest absolute Gasteiger partial charge is 0.276 e. The summed E-state index contributed by atoms with van der Waals surface area (Å²) in [6.45, 7) is 8.00. The molecule has 2 aromatic rings. The van der Waals surface area contributed by atoms with Crippen LogP contribution in [0.1, 0.15) is 38.0 Å². The molecule has 25 heavy (non-hydrogen) atoms. The molecule has 0 aliphatic carbocycles. The molecule has 0 amide bonds. The fourth-order valence-corrected chi connectivity index (χ4v) is 4.56. The van der Waals surface area contributed by atoms with Gasteiger partial charge in [0, 0.05) is 24.8 Å². The number of hydrogen-bond donors (Lipinski definition) is 0. The topological polar surface area (TPSA) is 53.8 Å². The second-order valence-electron chi connectivity index (χ2n) is 6.89. The zero-order valence-corrected chi connectivity index (χ0v) is 15.9. The first-order chi connectivity index (χ1) is 11.9. The number of sulfonamides is 1. The van der Waals surface area contributed by atoms with Gasteiger partial charge in [0.05, 0.1) is 6.54 Å². The number of hydrogen-bond acceptors (Lipinski definition) is 4. The number of furan rings is 1. The lowest BCUT2D eigenvalue weighted by atomic mass is 10.2. The standard InChI is InChI=1S/C19H26N2O3S/c1-15(2)21(17-8-6-16(3)7-9-17)14-18-10-11-19(24-18)25(22,23)20-12-4-5-13-20/h6-11,15H,4-5,12-14H2,1-3H3. The van der Waals surface area contributed by atoms with Gasteiger partial charge >= 0.3 is 0 Å². The quantitative estimate of drug-likeness (QED) is 0.784. The van der Waals surface area contributed by atoms with Crippen molar-refractivity contribution >= 4 is 15.7 Å².